The molecule has 6 nitrogen and oxygen atoms in total. The summed E-state index contributed by atoms with van der Waals surface area (Å²) in [5, 5.41) is 22.8. The molecule has 1 aliphatic rings. The minimum atomic E-state index is -1.07. The zero-order valence-electron chi connectivity index (χ0n) is 8.64. The van der Waals surface area contributed by atoms with E-state index in [9.17, 15) is 14.9 Å². The minimum absolute atomic E-state index is 0.141. The van der Waals surface area contributed by atoms with Crippen LogP contribution in [0.15, 0.2) is 18.2 Å². The number of carbonyl (C=O) groups is 1. The number of carboxylic acids is 1. The Hall–Kier alpha value is -1.82. The van der Waals surface area contributed by atoms with Crippen LogP contribution in [0.1, 0.15) is 12.8 Å². The lowest BCUT2D eigenvalue weighted by Gasteiger charge is -2.14. The van der Waals surface area contributed by atoms with Crippen LogP contribution in [0.2, 0.25) is 5.02 Å². The first kappa shape index (κ1) is 11.7. The molecule has 7 heteroatoms. The average molecular weight is 257 g/mol. The van der Waals surface area contributed by atoms with Gasteiger partial charge in [-0.1, -0.05) is 11.6 Å². The number of carboxylic acid groups (broad SMARTS) is 1. The van der Waals surface area contributed by atoms with Gasteiger partial charge in [0.2, 0.25) is 0 Å². The molecule has 1 saturated carbocycles. The van der Waals surface area contributed by atoms with Crippen molar-refractivity contribution < 1.29 is 14.8 Å². The van der Waals surface area contributed by atoms with E-state index < -0.39 is 16.4 Å². The zero-order valence-corrected chi connectivity index (χ0v) is 9.40. The number of nitro benzene ring substituents is 1. The largest absolute Gasteiger partial charge is 0.480 e. The van der Waals surface area contributed by atoms with Gasteiger partial charge in [-0.05, 0) is 25.0 Å². The number of halogens is 1. The Morgan fingerprint density at radius 2 is 2.18 bits per heavy atom. The maximum Gasteiger partial charge on any atom is 0.329 e. The maximum atomic E-state index is 11.0. The summed E-state index contributed by atoms with van der Waals surface area (Å²) in [4.78, 5) is 21.2. The summed E-state index contributed by atoms with van der Waals surface area (Å²) >= 11 is 5.74. The molecular formula is C10H9ClN2O4. The number of nitrogens with zero attached hydrogens (tertiary/aromatic N) is 1. The van der Waals surface area contributed by atoms with Crippen molar-refractivity contribution in [3.63, 3.8) is 0 Å². The summed E-state index contributed by atoms with van der Waals surface area (Å²) in [5.74, 6) is -1.01. The number of nitrogens with one attached hydrogen (secondary N) is 1. The molecule has 1 aliphatic carbocycles. The van der Waals surface area contributed by atoms with Crippen LogP contribution in [0, 0.1) is 10.1 Å². The molecule has 2 N–H and O–H groups in total. The van der Waals surface area contributed by atoms with E-state index in [2.05, 4.69) is 5.32 Å². The Balaban J connectivity index is 2.35. The van der Waals surface area contributed by atoms with Gasteiger partial charge in [0.1, 0.15) is 11.2 Å². The first-order valence-electron chi connectivity index (χ1n) is 4.90. The Labute approximate surface area is 101 Å². The van der Waals surface area contributed by atoms with Gasteiger partial charge < -0.3 is 10.4 Å². The summed E-state index contributed by atoms with van der Waals surface area (Å²) < 4.78 is 0. The molecule has 0 aliphatic heterocycles. The lowest BCUT2D eigenvalue weighted by molar-refractivity contribution is -0.384. The average Bonchev–Trinajstić information content (AvgIpc) is 2.98. The van der Waals surface area contributed by atoms with Crippen molar-refractivity contribution in [3.05, 3.63) is 33.3 Å². The lowest BCUT2D eigenvalue weighted by Crippen LogP contribution is -2.31. The van der Waals surface area contributed by atoms with Gasteiger partial charge in [0.15, 0.2) is 0 Å². The van der Waals surface area contributed by atoms with Crippen molar-refractivity contribution in [2.24, 2.45) is 0 Å². The lowest BCUT2D eigenvalue weighted by atomic mass is 10.2. The summed E-state index contributed by atoms with van der Waals surface area (Å²) in [6.07, 6.45) is 0.901. The van der Waals surface area contributed by atoms with Crippen molar-refractivity contribution in [2.75, 3.05) is 5.32 Å². The molecule has 0 saturated heterocycles. The van der Waals surface area contributed by atoms with Crippen molar-refractivity contribution in [2.45, 2.75) is 18.4 Å². The summed E-state index contributed by atoms with van der Waals surface area (Å²) in [6, 6.07) is 4.01. The zero-order chi connectivity index (χ0) is 12.6. The van der Waals surface area contributed by atoms with Gasteiger partial charge in [0, 0.05) is 11.1 Å². The summed E-state index contributed by atoms with van der Waals surface area (Å²) in [7, 11) is 0. The molecule has 0 atom stereocenters. The Bertz CT molecular complexity index is 499. The van der Waals surface area contributed by atoms with E-state index in [-0.39, 0.29) is 11.4 Å². The van der Waals surface area contributed by atoms with Gasteiger partial charge >= 0.3 is 5.97 Å². The van der Waals surface area contributed by atoms with Gasteiger partial charge in [-0.2, -0.15) is 0 Å². The first-order valence-corrected chi connectivity index (χ1v) is 5.28. The fourth-order valence-electron chi connectivity index (χ4n) is 1.54. The number of nitro groups is 1. The van der Waals surface area contributed by atoms with Crippen molar-refractivity contribution in [3.8, 4) is 0 Å². The van der Waals surface area contributed by atoms with Crippen LogP contribution in [0.25, 0.3) is 0 Å². The summed E-state index contributed by atoms with van der Waals surface area (Å²) in [5.41, 5.74) is -1.11. The van der Waals surface area contributed by atoms with Crippen LogP contribution in [0.3, 0.4) is 0 Å². The molecule has 0 heterocycles. The fraction of sp³-hybridized carbons (Fsp3) is 0.300. The molecule has 1 aromatic rings. The molecule has 0 radical (unpaired) electrons. The molecule has 17 heavy (non-hydrogen) atoms. The monoisotopic (exact) mass is 256 g/mol. The second kappa shape index (κ2) is 3.89. The Morgan fingerprint density at radius 1 is 1.53 bits per heavy atom. The van der Waals surface area contributed by atoms with E-state index in [1.54, 1.807) is 0 Å². The van der Waals surface area contributed by atoms with Crippen LogP contribution in [-0.2, 0) is 4.79 Å². The molecule has 1 aromatic carbocycles. The van der Waals surface area contributed by atoms with Gasteiger partial charge in [0.05, 0.1) is 4.92 Å². The summed E-state index contributed by atoms with van der Waals surface area (Å²) in [6.45, 7) is 0. The Morgan fingerprint density at radius 3 is 2.65 bits per heavy atom. The normalized spacial score (nSPS) is 16.3. The van der Waals surface area contributed by atoms with Crippen molar-refractivity contribution in [1.82, 2.24) is 0 Å². The van der Waals surface area contributed by atoms with E-state index in [4.69, 9.17) is 16.7 Å². The van der Waals surface area contributed by atoms with Crippen LogP contribution >= 0.6 is 11.6 Å². The van der Waals surface area contributed by atoms with E-state index in [1.807, 2.05) is 0 Å². The van der Waals surface area contributed by atoms with Crippen LogP contribution < -0.4 is 5.32 Å². The Kier molecular flexibility index (Phi) is 2.66. The molecule has 0 bridgehead atoms. The smallest absolute Gasteiger partial charge is 0.329 e. The van der Waals surface area contributed by atoms with E-state index in [1.165, 1.54) is 18.2 Å². The van der Waals surface area contributed by atoms with Crippen molar-refractivity contribution in [1.29, 1.82) is 0 Å². The topological polar surface area (TPSA) is 92.5 Å². The molecule has 0 spiro atoms. The highest BCUT2D eigenvalue weighted by Crippen LogP contribution is 2.41. The quantitative estimate of drug-likeness (QED) is 0.637. The van der Waals surface area contributed by atoms with E-state index >= 15 is 0 Å². The number of benzene rings is 1. The molecule has 0 amide bonds. The number of hydrogen-bond acceptors (Lipinski definition) is 4. The third-order valence-corrected chi connectivity index (χ3v) is 2.92. The molecule has 2 rings (SSSR count). The van der Waals surface area contributed by atoms with Gasteiger partial charge in [-0.3, -0.25) is 10.1 Å². The van der Waals surface area contributed by atoms with Crippen LogP contribution in [0.5, 0.6) is 0 Å². The predicted molar refractivity (Wildman–Crippen MR) is 61.3 cm³/mol. The predicted octanol–water partition coefficient (Wildman–Crippen LogP) is 2.28. The highest BCUT2D eigenvalue weighted by molar-refractivity contribution is 6.31. The number of rotatable bonds is 4. The second-order valence-electron chi connectivity index (χ2n) is 3.93. The minimum Gasteiger partial charge on any atom is -0.480 e. The molecule has 0 unspecified atom stereocenters. The number of hydrogen-bond donors (Lipinski definition) is 2. The molecule has 1 fully saturated rings. The molecular weight excluding hydrogens is 248 g/mol. The van der Waals surface area contributed by atoms with Crippen LogP contribution in [0.4, 0.5) is 11.4 Å². The van der Waals surface area contributed by atoms with Crippen molar-refractivity contribution >= 4 is 28.9 Å². The van der Waals surface area contributed by atoms with E-state index in [0.717, 1.165) is 0 Å². The third-order valence-electron chi connectivity index (χ3n) is 2.69. The SMILES string of the molecule is O=C(O)C1(Nc2cc(Cl)ccc2[N+](=O)[O-])CC1. The molecule has 90 valence electrons. The third kappa shape index (κ3) is 2.16. The van der Waals surface area contributed by atoms with Gasteiger partial charge in [-0.15, -0.1) is 0 Å². The van der Waals surface area contributed by atoms with E-state index in [0.29, 0.717) is 17.9 Å². The highest BCUT2D eigenvalue weighted by Gasteiger charge is 2.51. The number of aliphatic carboxylic acids is 1. The van der Waals surface area contributed by atoms with Gasteiger partial charge in [-0.25, -0.2) is 4.79 Å². The number of anilines is 1. The first-order chi connectivity index (χ1) is 7.94. The highest BCUT2D eigenvalue weighted by atomic mass is 35.5. The molecule has 0 aromatic heterocycles. The van der Waals surface area contributed by atoms with Gasteiger partial charge in [0.25, 0.3) is 5.69 Å². The standard InChI is InChI=1S/C10H9ClN2O4/c11-6-1-2-8(13(16)17)7(5-6)12-10(3-4-10)9(14)15/h1-2,5,12H,3-4H2,(H,14,15). The van der Waals surface area contributed by atoms with Crippen LogP contribution in [-0.4, -0.2) is 21.5 Å². The fourth-order valence-corrected chi connectivity index (χ4v) is 1.71. The second-order valence-corrected chi connectivity index (χ2v) is 4.37. The maximum absolute atomic E-state index is 11.0.